The molecular formula is C17H23NO2. The molecule has 1 saturated carbocycles. The van der Waals surface area contributed by atoms with Crippen LogP contribution in [0.15, 0.2) is 30.3 Å². The molecule has 1 aromatic rings. The number of aliphatic hydroxyl groups excluding tert-OH is 1. The molecule has 2 aliphatic rings. The van der Waals surface area contributed by atoms with E-state index in [1.165, 1.54) is 5.56 Å². The molecule has 1 N–H and O–H groups in total. The van der Waals surface area contributed by atoms with Crippen molar-refractivity contribution in [3.63, 3.8) is 0 Å². The quantitative estimate of drug-likeness (QED) is 0.914. The molecule has 1 aliphatic heterocycles. The zero-order chi connectivity index (χ0) is 14.0. The topological polar surface area (TPSA) is 40.5 Å². The van der Waals surface area contributed by atoms with E-state index in [2.05, 4.69) is 12.1 Å². The van der Waals surface area contributed by atoms with Crippen molar-refractivity contribution in [3.8, 4) is 0 Å². The fourth-order valence-electron chi connectivity index (χ4n) is 3.48. The molecule has 1 atom stereocenters. The van der Waals surface area contributed by atoms with Crippen molar-refractivity contribution in [1.29, 1.82) is 0 Å². The molecular weight excluding hydrogens is 250 g/mol. The fourth-order valence-corrected chi connectivity index (χ4v) is 3.48. The van der Waals surface area contributed by atoms with Gasteiger partial charge in [-0.2, -0.15) is 0 Å². The molecule has 3 rings (SSSR count). The van der Waals surface area contributed by atoms with Crippen molar-refractivity contribution in [2.75, 3.05) is 19.7 Å². The highest BCUT2D eigenvalue weighted by atomic mass is 16.3. The Kier molecular flexibility index (Phi) is 3.79. The van der Waals surface area contributed by atoms with E-state index >= 15 is 0 Å². The van der Waals surface area contributed by atoms with Gasteiger partial charge in [-0.3, -0.25) is 4.79 Å². The van der Waals surface area contributed by atoms with Gasteiger partial charge in [-0.15, -0.1) is 0 Å². The molecule has 0 radical (unpaired) electrons. The van der Waals surface area contributed by atoms with Crippen molar-refractivity contribution in [2.45, 2.75) is 37.5 Å². The summed E-state index contributed by atoms with van der Waals surface area (Å²) < 4.78 is 0. The second-order valence-electron chi connectivity index (χ2n) is 6.22. The number of hydrogen-bond donors (Lipinski definition) is 1. The SMILES string of the molecule is O=C(N1CCCC(CCO)C1)C1(c2ccccc2)CC1. The minimum Gasteiger partial charge on any atom is -0.396 e. The highest BCUT2D eigenvalue weighted by Gasteiger charge is 2.53. The van der Waals surface area contributed by atoms with Crippen molar-refractivity contribution in [1.82, 2.24) is 4.90 Å². The van der Waals surface area contributed by atoms with Crippen LogP contribution in [-0.4, -0.2) is 35.6 Å². The van der Waals surface area contributed by atoms with E-state index < -0.39 is 0 Å². The Hall–Kier alpha value is -1.35. The zero-order valence-corrected chi connectivity index (χ0v) is 11.9. The largest absolute Gasteiger partial charge is 0.396 e. The number of aliphatic hydroxyl groups is 1. The average molecular weight is 273 g/mol. The third-order valence-corrected chi connectivity index (χ3v) is 4.83. The molecule has 1 unspecified atom stereocenters. The number of piperidine rings is 1. The van der Waals surface area contributed by atoms with Gasteiger partial charge in [-0.05, 0) is 43.6 Å². The van der Waals surface area contributed by atoms with Crippen molar-refractivity contribution >= 4 is 5.91 Å². The molecule has 1 saturated heterocycles. The first-order chi connectivity index (χ1) is 9.76. The molecule has 0 spiro atoms. The zero-order valence-electron chi connectivity index (χ0n) is 11.9. The van der Waals surface area contributed by atoms with Gasteiger partial charge in [-0.25, -0.2) is 0 Å². The first-order valence-electron chi connectivity index (χ1n) is 7.72. The molecule has 1 amide bonds. The Morgan fingerprint density at radius 3 is 2.70 bits per heavy atom. The number of likely N-dealkylation sites (tertiary alicyclic amines) is 1. The van der Waals surface area contributed by atoms with Crippen LogP contribution in [-0.2, 0) is 10.2 Å². The molecule has 108 valence electrons. The second kappa shape index (κ2) is 5.57. The molecule has 0 aromatic heterocycles. The van der Waals surface area contributed by atoms with Crippen LogP contribution in [0.4, 0.5) is 0 Å². The van der Waals surface area contributed by atoms with Gasteiger partial charge in [0.2, 0.25) is 5.91 Å². The molecule has 1 aromatic carbocycles. The summed E-state index contributed by atoms with van der Waals surface area (Å²) in [5.74, 6) is 0.788. The van der Waals surface area contributed by atoms with E-state index in [0.29, 0.717) is 11.8 Å². The lowest BCUT2D eigenvalue weighted by molar-refractivity contribution is -0.136. The molecule has 2 fully saturated rings. The maximum Gasteiger partial charge on any atom is 0.233 e. The van der Waals surface area contributed by atoms with Gasteiger partial charge in [0.15, 0.2) is 0 Å². The van der Waals surface area contributed by atoms with E-state index in [4.69, 9.17) is 5.11 Å². The number of rotatable bonds is 4. The van der Waals surface area contributed by atoms with Crippen LogP contribution in [0, 0.1) is 5.92 Å². The standard InChI is InChI=1S/C17H23NO2/c19-12-8-14-5-4-11-18(13-14)16(20)17(9-10-17)15-6-2-1-3-7-15/h1-3,6-7,14,19H,4-5,8-13H2. The second-order valence-corrected chi connectivity index (χ2v) is 6.22. The van der Waals surface area contributed by atoms with Crippen LogP contribution < -0.4 is 0 Å². The molecule has 1 aliphatic carbocycles. The Bertz CT molecular complexity index is 465. The van der Waals surface area contributed by atoms with Gasteiger partial charge in [0, 0.05) is 19.7 Å². The predicted molar refractivity (Wildman–Crippen MR) is 78.4 cm³/mol. The summed E-state index contributed by atoms with van der Waals surface area (Å²) in [5.41, 5.74) is 0.941. The third kappa shape index (κ3) is 2.47. The van der Waals surface area contributed by atoms with Gasteiger partial charge in [-0.1, -0.05) is 30.3 Å². The molecule has 1 heterocycles. The number of nitrogens with zero attached hydrogens (tertiary/aromatic N) is 1. The first kappa shape index (κ1) is 13.6. The maximum absolute atomic E-state index is 12.9. The number of hydrogen-bond acceptors (Lipinski definition) is 2. The lowest BCUT2D eigenvalue weighted by Crippen LogP contribution is -2.45. The summed E-state index contributed by atoms with van der Waals surface area (Å²) in [6.07, 6.45) is 5.00. The number of carbonyl (C=O) groups is 1. The minimum absolute atomic E-state index is 0.233. The normalized spacial score (nSPS) is 24.4. The highest BCUT2D eigenvalue weighted by molar-refractivity contribution is 5.91. The fraction of sp³-hybridized carbons (Fsp3) is 0.588. The number of amides is 1. The summed E-state index contributed by atoms with van der Waals surface area (Å²) in [6.45, 7) is 1.94. The Labute approximate surface area is 120 Å². The molecule has 20 heavy (non-hydrogen) atoms. The van der Waals surface area contributed by atoms with E-state index in [-0.39, 0.29) is 12.0 Å². The maximum atomic E-state index is 12.9. The van der Waals surface area contributed by atoms with Gasteiger partial charge in [0.25, 0.3) is 0 Å². The number of benzene rings is 1. The van der Waals surface area contributed by atoms with Crippen LogP contribution >= 0.6 is 0 Å². The third-order valence-electron chi connectivity index (χ3n) is 4.83. The monoisotopic (exact) mass is 273 g/mol. The summed E-state index contributed by atoms with van der Waals surface area (Å²) >= 11 is 0. The average Bonchev–Trinajstić information content (AvgIpc) is 3.30. The summed E-state index contributed by atoms with van der Waals surface area (Å²) in [7, 11) is 0. The molecule has 3 nitrogen and oxygen atoms in total. The minimum atomic E-state index is -0.234. The smallest absolute Gasteiger partial charge is 0.233 e. The predicted octanol–water partition coefficient (Wildman–Crippen LogP) is 2.34. The lowest BCUT2D eigenvalue weighted by atomic mass is 9.90. The van der Waals surface area contributed by atoms with Crippen molar-refractivity contribution < 1.29 is 9.90 Å². The van der Waals surface area contributed by atoms with Crippen LogP contribution in [0.2, 0.25) is 0 Å². The van der Waals surface area contributed by atoms with Gasteiger partial charge < -0.3 is 10.0 Å². The highest BCUT2D eigenvalue weighted by Crippen LogP contribution is 2.49. The summed E-state index contributed by atoms with van der Waals surface area (Å²) in [6, 6.07) is 10.2. The van der Waals surface area contributed by atoms with E-state index in [1.54, 1.807) is 0 Å². The first-order valence-corrected chi connectivity index (χ1v) is 7.72. The lowest BCUT2D eigenvalue weighted by Gasteiger charge is -2.35. The summed E-state index contributed by atoms with van der Waals surface area (Å²) in [5, 5.41) is 9.09. The van der Waals surface area contributed by atoms with E-state index in [9.17, 15) is 4.79 Å². The number of carbonyl (C=O) groups excluding carboxylic acids is 1. The van der Waals surface area contributed by atoms with Crippen LogP contribution in [0.1, 0.15) is 37.7 Å². The van der Waals surface area contributed by atoms with Crippen molar-refractivity contribution in [3.05, 3.63) is 35.9 Å². The van der Waals surface area contributed by atoms with Gasteiger partial charge in [0.05, 0.1) is 5.41 Å². The molecule has 0 bridgehead atoms. The van der Waals surface area contributed by atoms with Crippen LogP contribution in [0.3, 0.4) is 0 Å². The van der Waals surface area contributed by atoms with E-state index in [0.717, 1.165) is 45.2 Å². The Morgan fingerprint density at radius 2 is 2.05 bits per heavy atom. The van der Waals surface area contributed by atoms with Gasteiger partial charge >= 0.3 is 0 Å². The molecule has 3 heteroatoms. The Morgan fingerprint density at radius 1 is 1.30 bits per heavy atom. The summed E-state index contributed by atoms with van der Waals surface area (Å²) in [4.78, 5) is 14.9. The van der Waals surface area contributed by atoms with Crippen LogP contribution in [0.5, 0.6) is 0 Å². The van der Waals surface area contributed by atoms with Crippen molar-refractivity contribution in [2.24, 2.45) is 5.92 Å². The van der Waals surface area contributed by atoms with E-state index in [1.807, 2.05) is 23.1 Å². The van der Waals surface area contributed by atoms with Crippen LogP contribution in [0.25, 0.3) is 0 Å². The Balaban J connectivity index is 1.72. The van der Waals surface area contributed by atoms with Gasteiger partial charge in [0.1, 0.15) is 0 Å².